The van der Waals surface area contributed by atoms with Crippen molar-refractivity contribution in [2.45, 2.75) is 29.7 Å². The Labute approximate surface area is 200 Å². The first-order valence-corrected chi connectivity index (χ1v) is 12.8. The molecular formula is C20H20ClN7O3S2. The summed E-state index contributed by atoms with van der Waals surface area (Å²) in [7, 11) is -3.52. The molecule has 0 bridgehead atoms. The van der Waals surface area contributed by atoms with Crippen LogP contribution in [-0.2, 0) is 15.8 Å². The zero-order chi connectivity index (χ0) is 23.4. The Morgan fingerprint density at radius 1 is 1.00 bits per heavy atom. The number of sulfonamides is 1. The zero-order valence-corrected chi connectivity index (χ0v) is 20.2. The first-order valence-electron chi connectivity index (χ1n) is 10.0. The van der Waals surface area contributed by atoms with E-state index in [0.29, 0.717) is 46.4 Å². The van der Waals surface area contributed by atoms with E-state index < -0.39 is 10.0 Å². The van der Waals surface area contributed by atoms with Gasteiger partial charge in [-0.15, -0.1) is 15.3 Å². The average molecular weight is 506 g/mol. The summed E-state index contributed by atoms with van der Waals surface area (Å²) in [5, 5.41) is 20.9. The molecule has 13 heteroatoms. The van der Waals surface area contributed by atoms with Gasteiger partial charge in [-0.1, -0.05) is 37.2 Å². The molecule has 4 aromatic rings. The Hall–Kier alpha value is -2.80. The fraction of sp³-hybridized carbons (Fsp3) is 0.250. The Morgan fingerprint density at radius 2 is 1.70 bits per heavy atom. The van der Waals surface area contributed by atoms with E-state index in [1.165, 1.54) is 16.1 Å². The Kier molecular flexibility index (Phi) is 7.08. The van der Waals surface area contributed by atoms with Crippen molar-refractivity contribution < 1.29 is 12.8 Å². The number of halogens is 1. The number of benzene rings is 2. The maximum atomic E-state index is 12.6. The second-order valence-corrected chi connectivity index (χ2v) is 10.1. The quantitative estimate of drug-likeness (QED) is 0.313. The molecule has 0 radical (unpaired) electrons. The first kappa shape index (κ1) is 23.4. The highest BCUT2D eigenvalue weighted by Crippen LogP contribution is 2.27. The summed E-state index contributed by atoms with van der Waals surface area (Å²) >= 11 is 7.23. The molecule has 0 N–H and O–H groups in total. The normalized spacial score (nSPS) is 11.9. The number of tetrazole rings is 1. The zero-order valence-electron chi connectivity index (χ0n) is 17.8. The number of hydrogen-bond donors (Lipinski definition) is 0. The van der Waals surface area contributed by atoms with E-state index in [1.54, 1.807) is 54.9 Å². The van der Waals surface area contributed by atoms with Gasteiger partial charge < -0.3 is 4.42 Å². The minimum absolute atomic E-state index is 0.220. The summed E-state index contributed by atoms with van der Waals surface area (Å²) in [5.41, 5.74) is 1.41. The van der Waals surface area contributed by atoms with Crippen molar-refractivity contribution >= 4 is 33.4 Å². The molecule has 10 nitrogen and oxygen atoms in total. The Balaban J connectivity index is 1.45. The second kappa shape index (κ2) is 10.00. The molecular weight excluding hydrogens is 486 g/mol. The van der Waals surface area contributed by atoms with Gasteiger partial charge in [0.05, 0.1) is 16.3 Å². The third-order valence-electron chi connectivity index (χ3n) is 4.78. The molecule has 172 valence electrons. The monoisotopic (exact) mass is 505 g/mol. The van der Waals surface area contributed by atoms with Crippen LogP contribution in [0.1, 0.15) is 19.7 Å². The SMILES string of the molecule is CCN(CC)S(=O)(=O)c1ccc(-c2nnc(SCc3nnnn3-c3ccc(Cl)cc3)o2)cc1. The van der Waals surface area contributed by atoms with E-state index in [1.807, 2.05) is 12.1 Å². The number of aromatic nitrogens is 6. The third kappa shape index (κ3) is 5.08. The molecule has 0 unspecified atom stereocenters. The molecule has 0 saturated carbocycles. The molecule has 2 aromatic carbocycles. The van der Waals surface area contributed by atoms with Crippen molar-refractivity contribution in [3.05, 3.63) is 59.4 Å². The topological polar surface area (TPSA) is 120 Å². The maximum Gasteiger partial charge on any atom is 0.277 e. The number of hydrogen-bond acceptors (Lipinski definition) is 9. The van der Waals surface area contributed by atoms with E-state index in [-0.39, 0.29) is 4.90 Å². The minimum Gasteiger partial charge on any atom is -0.411 e. The number of thioether (sulfide) groups is 1. The van der Waals surface area contributed by atoms with Gasteiger partial charge >= 0.3 is 0 Å². The predicted octanol–water partition coefficient (Wildman–Crippen LogP) is 3.69. The summed E-state index contributed by atoms with van der Waals surface area (Å²) in [6, 6.07) is 13.6. The molecule has 0 aliphatic heterocycles. The van der Waals surface area contributed by atoms with Gasteiger partial charge in [-0.2, -0.15) is 8.99 Å². The summed E-state index contributed by atoms with van der Waals surface area (Å²) < 4.78 is 34.0. The van der Waals surface area contributed by atoms with E-state index in [9.17, 15) is 8.42 Å². The molecule has 0 amide bonds. The van der Waals surface area contributed by atoms with Crippen LogP contribution in [0.15, 0.2) is 63.1 Å². The lowest BCUT2D eigenvalue weighted by molar-refractivity contribution is 0.445. The highest BCUT2D eigenvalue weighted by Gasteiger charge is 2.22. The van der Waals surface area contributed by atoms with E-state index in [2.05, 4.69) is 25.7 Å². The first-order chi connectivity index (χ1) is 15.9. The maximum absolute atomic E-state index is 12.6. The van der Waals surface area contributed by atoms with E-state index in [4.69, 9.17) is 16.0 Å². The van der Waals surface area contributed by atoms with E-state index in [0.717, 1.165) is 5.69 Å². The molecule has 2 heterocycles. The molecule has 0 aliphatic rings. The second-order valence-electron chi connectivity index (χ2n) is 6.76. The predicted molar refractivity (Wildman–Crippen MR) is 124 cm³/mol. The Morgan fingerprint density at radius 3 is 2.36 bits per heavy atom. The van der Waals surface area contributed by atoms with Gasteiger partial charge in [-0.05, 0) is 59.0 Å². The number of rotatable bonds is 9. The standard InChI is InChI=1S/C20H20ClN7O3S2/c1-3-27(4-2)33(29,30)17-11-5-14(6-12-17)19-23-24-20(31-19)32-13-18-22-25-26-28(18)16-9-7-15(21)8-10-16/h5-12H,3-4,13H2,1-2H3. The molecule has 0 spiro atoms. The molecule has 4 rings (SSSR count). The van der Waals surface area contributed by atoms with Gasteiger partial charge in [0.2, 0.25) is 15.9 Å². The lowest BCUT2D eigenvalue weighted by Crippen LogP contribution is -2.30. The van der Waals surface area contributed by atoms with Gasteiger partial charge in [-0.25, -0.2) is 8.42 Å². The highest BCUT2D eigenvalue weighted by atomic mass is 35.5. The van der Waals surface area contributed by atoms with Crippen LogP contribution in [0.5, 0.6) is 0 Å². The minimum atomic E-state index is -3.52. The van der Waals surface area contributed by atoms with Crippen LogP contribution in [0.25, 0.3) is 17.1 Å². The lowest BCUT2D eigenvalue weighted by atomic mass is 10.2. The fourth-order valence-electron chi connectivity index (χ4n) is 3.07. The van der Waals surface area contributed by atoms with Crippen LogP contribution in [0.4, 0.5) is 0 Å². The fourth-order valence-corrected chi connectivity index (χ4v) is 5.32. The average Bonchev–Trinajstić information content (AvgIpc) is 3.49. The van der Waals surface area contributed by atoms with Crippen LogP contribution < -0.4 is 0 Å². The lowest BCUT2D eigenvalue weighted by Gasteiger charge is -2.18. The summed E-state index contributed by atoms with van der Waals surface area (Å²) in [6.45, 7) is 4.43. The van der Waals surface area contributed by atoms with Crippen LogP contribution in [0, 0.1) is 0 Å². The summed E-state index contributed by atoms with van der Waals surface area (Å²) in [5.74, 6) is 1.30. The highest BCUT2D eigenvalue weighted by molar-refractivity contribution is 7.98. The van der Waals surface area contributed by atoms with Crippen LogP contribution in [0.2, 0.25) is 5.02 Å². The molecule has 0 saturated heterocycles. The van der Waals surface area contributed by atoms with Crippen molar-refractivity contribution in [1.29, 1.82) is 0 Å². The molecule has 0 atom stereocenters. The number of nitrogens with zero attached hydrogens (tertiary/aromatic N) is 7. The van der Waals surface area contributed by atoms with Crippen molar-refractivity contribution in [1.82, 2.24) is 34.7 Å². The van der Waals surface area contributed by atoms with Gasteiger partial charge in [0.1, 0.15) is 0 Å². The van der Waals surface area contributed by atoms with E-state index >= 15 is 0 Å². The molecule has 0 fully saturated rings. The molecule has 33 heavy (non-hydrogen) atoms. The van der Waals surface area contributed by atoms with Crippen molar-refractivity contribution in [2.75, 3.05) is 13.1 Å². The van der Waals surface area contributed by atoms with Gasteiger partial charge in [-0.3, -0.25) is 0 Å². The van der Waals surface area contributed by atoms with Crippen LogP contribution in [0.3, 0.4) is 0 Å². The molecule has 2 aromatic heterocycles. The smallest absolute Gasteiger partial charge is 0.277 e. The third-order valence-corrected chi connectivity index (χ3v) is 7.91. The van der Waals surface area contributed by atoms with Crippen LogP contribution in [-0.4, -0.2) is 56.2 Å². The van der Waals surface area contributed by atoms with Gasteiger partial charge in [0.15, 0.2) is 5.82 Å². The van der Waals surface area contributed by atoms with Crippen LogP contribution >= 0.6 is 23.4 Å². The molecule has 0 aliphatic carbocycles. The largest absolute Gasteiger partial charge is 0.411 e. The Bertz CT molecular complexity index is 1320. The summed E-state index contributed by atoms with van der Waals surface area (Å²) in [6.07, 6.45) is 0. The van der Waals surface area contributed by atoms with Crippen molar-refractivity contribution in [3.63, 3.8) is 0 Å². The van der Waals surface area contributed by atoms with Crippen molar-refractivity contribution in [2.24, 2.45) is 0 Å². The van der Waals surface area contributed by atoms with Gasteiger partial charge in [0.25, 0.3) is 5.22 Å². The van der Waals surface area contributed by atoms with Crippen molar-refractivity contribution in [3.8, 4) is 17.1 Å². The summed E-state index contributed by atoms with van der Waals surface area (Å²) in [4.78, 5) is 0.220. The van der Waals surface area contributed by atoms with Gasteiger partial charge in [0, 0.05) is 23.7 Å².